The Morgan fingerprint density at radius 2 is 1.27 bits per heavy atom. The Kier molecular flexibility index (Phi) is 23.0. The van der Waals surface area contributed by atoms with Crippen LogP contribution in [0.15, 0.2) is 48.6 Å². The third-order valence-electron chi connectivity index (χ3n) is 5.17. The van der Waals surface area contributed by atoms with E-state index in [4.69, 9.17) is 19.3 Å². The van der Waals surface area contributed by atoms with Gasteiger partial charge in [0.2, 0.25) is 0 Å². The van der Waals surface area contributed by atoms with Crippen molar-refractivity contribution in [2.45, 2.75) is 103 Å². The van der Waals surface area contributed by atoms with Gasteiger partial charge in [0, 0.05) is 12.8 Å². The van der Waals surface area contributed by atoms with Gasteiger partial charge in [0.1, 0.15) is 6.61 Å². The molecule has 0 heterocycles. The van der Waals surface area contributed by atoms with Crippen LogP contribution in [0.5, 0.6) is 0 Å². The Labute approximate surface area is 223 Å². The standard InChI is InChI=1S/C28H47O8P/c1-3-5-6-7-8-9-10-11-12-13-14-15-16-17-18-19-20-21-22-23-28(30)36-26(24-34-27(29)4-2)25-35-37(31,32)33/h5-6,8-9,11-12,14-15,26H,3-4,7,10,13,16-25H2,1-2H3,(H2,31,32,33)/b6-5-,9-8-,12-11-,15-14-. The summed E-state index contributed by atoms with van der Waals surface area (Å²) in [6.45, 7) is 2.89. The second kappa shape index (κ2) is 24.4. The molecule has 0 saturated heterocycles. The Balaban J connectivity index is 3.81. The van der Waals surface area contributed by atoms with Crippen molar-refractivity contribution in [3.8, 4) is 0 Å². The van der Waals surface area contributed by atoms with E-state index in [-0.39, 0.29) is 19.4 Å². The van der Waals surface area contributed by atoms with Gasteiger partial charge in [0.05, 0.1) is 6.61 Å². The molecule has 0 aliphatic rings. The van der Waals surface area contributed by atoms with E-state index in [1.165, 1.54) is 0 Å². The molecule has 0 amide bonds. The number of carbonyl (C=O) groups excluding carboxylic acids is 2. The molecule has 0 aromatic rings. The Morgan fingerprint density at radius 3 is 1.84 bits per heavy atom. The molecular formula is C28H47O8P. The monoisotopic (exact) mass is 542 g/mol. The molecule has 0 aromatic carbocycles. The highest BCUT2D eigenvalue weighted by Gasteiger charge is 2.22. The second-order valence-electron chi connectivity index (χ2n) is 8.60. The third kappa shape index (κ3) is 26.9. The number of phosphoric ester groups is 1. The molecule has 0 rings (SSSR count). The first-order valence-electron chi connectivity index (χ1n) is 13.4. The summed E-state index contributed by atoms with van der Waals surface area (Å²) in [4.78, 5) is 41.0. The zero-order valence-electron chi connectivity index (χ0n) is 22.6. The lowest BCUT2D eigenvalue weighted by Crippen LogP contribution is -2.29. The molecule has 1 unspecified atom stereocenters. The van der Waals surface area contributed by atoms with Crippen LogP contribution in [0.1, 0.15) is 97.3 Å². The highest BCUT2D eigenvalue weighted by Crippen LogP contribution is 2.35. The van der Waals surface area contributed by atoms with E-state index in [9.17, 15) is 14.2 Å². The van der Waals surface area contributed by atoms with Crippen molar-refractivity contribution in [2.75, 3.05) is 13.2 Å². The largest absolute Gasteiger partial charge is 0.469 e. The van der Waals surface area contributed by atoms with E-state index in [1.54, 1.807) is 6.92 Å². The predicted octanol–water partition coefficient (Wildman–Crippen LogP) is 6.89. The van der Waals surface area contributed by atoms with Gasteiger partial charge in [0.15, 0.2) is 6.10 Å². The summed E-state index contributed by atoms with van der Waals surface area (Å²) in [6, 6.07) is 0. The Hall–Kier alpha value is -1.99. The molecule has 0 bridgehead atoms. The van der Waals surface area contributed by atoms with E-state index in [2.05, 4.69) is 60.1 Å². The smallest absolute Gasteiger partial charge is 0.462 e. The molecule has 0 aromatic heterocycles. The molecule has 0 spiro atoms. The number of allylic oxidation sites excluding steroid dienone is 8. The fraction of sp³-hybridized carbons (Fsp3) is 0.643. The van der Waals surface area contributed by atoms with Gasteiger partial charge in [-0.05, 0) is 44.9 Å². The van der Waals surface area contributed by atoms with Crippen LogP contribution < -0.4 is 0 Å². The highest BCUT2D eigenvalue weighted by atomic mass is 31.2. The maximum atomic E-state index is 12.0. The summed E-state index contributed by atoms with van der Waals surface area (Å²) >= 11 is 0. The van der Waals surface area contributed by atoms with Crippen LogP contribution in [0.4, 0.5) is 0 Å². The van der Waals surface area contributed by atoms with Gasteiger partial charge in [-0.15, -0.1) is 0 Å². The molecule has 37 heavy (non-hydrogen) atoms. The first kappa shape index (κ1) is 35.0. The minimum atomic E-state index is -4.72. The van der Waals surface area contributed by atoms with Crippen molar-refractivity contribution in [1.82, 2.24) is 0 Å². The fourth-order valence-electron chi connectivity index (χ4n) is 3.17. The summed E-state index contributed by atoms with van der Waals surface area (Å²) in [6.07, 6.45) is 27.9. The minimum Gasteiger partial charge on any atom is -0.462 e. The molecule has 212 valence electrons. The molecule has 0 radical (unpaired) electrons. The number of unbranched alkanes of at least 4 members (excludes halogenated alkanes) is 6. The highest BCUT2D eigenvalue weighted by molar-refractivity contribution is 7.46. The van der Waals surface area contributed by atoms with E-state index >= 15 is 0 Å². The molecule has 1 atom stereocenters. The normalized spacial score (nSPS) is 13.3. The minimum absolute atomic E-state index is 0.142. The van der Waals surface area contributed by atoms with Crippen LogP contribution in [0.2, 0.25) is 0 Å². The van der Waals surface area contributed by atoms with Crippen LogP contribution in [0, 0.1) is 0 Å². The molecule has 0 aliphatic heterocycles. The quantitative estimate of drug-likeness (QED) is 0.0620. The Morgan fingerprint density at radius 1 is 0.730 bits per heavy atom. The van der Waals surface area contributed by atoms with Crippen LogP contribution in [0.3, 0.4) is 0 Å². The molecule has 0 aliphatic carbocycles. The lowest BCUT2D eigenvalue weighted by molar-refractivity contribution is -0.161. The molecule has 2 N–H and O–H groups in total. The van der Waals surface area contributed by atoms with E-state index < -0.39 is 32.5 Å². The van der Waals surface area contributed by atoms with Gasteiger partial charge in [0.25, 0.3) is 0 Å². The molecule has 8 nitrogen and oxygen atoms in total. The van der Waals surface area contributed by atoms with Gasteiger partial charge in [-0.3, -0.25) is 14.1 Å². The second-order valence-corrected chi connectivity index (χ2v) is 9.84. The van der Waals surface area contributed by atoms with Gasteiger partial charge in [-0.1, -0.05) is 88.1 Å². The Bertz CT molecular complexity index is 751. The van der Waals surface area contributed by atoms with Gasteiger partial charge < -0.3 is 19.3 Å². The van der Waals surface area contributed by atoms with Gasteiger partial charge in [-0.2, -0.15) is 0 Å². The fourth-order valence-corrected chi connectivity index (χ4v) is 3.53. The summed E-state index contributed by atoms with van der Waals surface area (Å²) in [7, 11) is -4.72. The SMILES string of the molecule is CC/C=C\C/C=C\C/C=C\C/C=C\CCCCCCCCC(=O)OC(COC(=O)CC)COP(=O)(O)O. The third-order valence-corrected chi connectivity index (χ3v) is 5.65. The summed E-state index contributed by atoms with van der Waals surface area (Å²) in [5, 5.41) is 0. The van der Waals surface area contributed by atoms with Crippen LogP contribution in [0.25, 0.3) is 0 Å². The van der Waals surface area contributed by atoms with Crippen LogP contribution >= 0.6 is 7.82 Å². The van der Waals surface area contributed by atoms with Gasteiger partial charge in [-0.25, -0.2) is 4.57 Å². The average molecular weight is 543 g/mol. The van der Waals surface area contributed by atoms with Crippen molar-refractivity contribution in [3.63, 3.8) is 0 Å². The number of rotatable bonds is 23. The van der Waals surface area contributed by atoms with Gasteiger partial charge >= 0.3 is 19.8 Å². The number of carbonyl (C=O) groups is 2. The van der Waals surface area contributed by atoms with Crippen molar-refractivity contribution < 1.29 is 37.9 Å². The number of ether oxygens (including phenoxy) is 2. The van der Waals surface area contributed by atoms with Crippen LogP contribution in [-0.2, 0) is 28.2 Å². The topological polar surface area (TPSA) is 119 Å². The summed E-state index contributed by atoms with van der Waals surface area (Å²) in [5.41, 5.74) is 0. The van der Waals surface area contributed by atoms with Crippen molar-refractivity contribution in [3.05, 3.63) is 48.6 Å². The number of phosphoric acid groups is 1. The zero-order chi connectivity index (χ0) is 27.6. The van der Waals surface area contributed by atoms with E-state index in [0.717, 1.165) is 64.2 Å². The molecular weight excluding hydrogens is 495 g/mol. The number of hydrogen-bond acceptors (Lipinski definition) is 6. The van der Waals surface area contributed by atoms with Crippen molar-refractivity contribution in [1.29, 1.82) is 0 Å². The van der Waals surface area contributed by atoms with Crippen LogP contribution in [-0.4, -0.2) is 41.0 Å². The lowest BCUT2D eigenvalue weighted by atomic mass is 10.1. The first-order valence-corrected chi connectivity index (χ1v) is 15.0. The lowest BCUT2D eigenvalue weighted by Gasteiger charge is -2.18. The maximum absolute atomic E-state index is 12.0. The number of esters is 2. The van der Waals surface area contributed by atoms with E-state index in [1.807, 2.05) is 0 Å². The maximum Gasteiger partial charge on any atom is 0.469 e. The predicted molar refractivity (Wildman–Crippen MR) is 147 cm³/mol. The zero-order valence-corrected chi connectivity index (χ0v) is 23.5. The summed E-state index contributed by atoms with van der Waals surface area (Å²) < 4.78 is 25.4. The number of hydrogen-bond donors (Lipinski definition) is 2. The van der Waals surface area contributed by atoms with E-state index in [0.29, 0.717) is 6.42 Å². The molecule has 0 fully saturated rings. The molecule has 9 heteroatoms. The molecule has 0 saturated carbocycles. The summed E-state index contributed by atoms with van der Waals surface area (Å²) in [5.74, 6) is -1.01. The first-order chi connectivity index (χ1) is 17.8. The van der Waals surface area contributed by atoms with Crippen molar-refractivity contribution in [2.24, 2.45) is 0 Å². The average Bonchev–Trinajstić information content (AvgIpc) is 2.86. The van der Waals surface area contributed by atoms with Crippen molar-refractivity contribution >= 4 is 19.8 Å².